The van der Waals surface area contributed by atoms with Crippen LogP contribution in [-0.4, -0.2) is 67.3 Å². The molecule has 0 saturated carbocycles. The third-order valence-electron chi connectivity index (χ3n) is 4.30. The second-order valence-corrected chi connectivity index (χ2v) is 7.57. The average Bonchev–Trinajstić information content (AvgIpc) is 3.03. The average molecular weight is 429 g/mol. The first-order valence-corrected chi connectivity index (χ1v) is 9.74. The van der Waals surface area contributed by atoms with E-state index >= 15 is 0 Å². The third-order valence-corrected chi connectivity index (χ3v) is 5.91. The molecule has 0 bridgehead atoms. The van der Waals surface area contributed by atoms with Gasteiger partial charge in [-0.3, -0.25) is 24.0 Å². The number of aromatic nitrogens is 2. The van der Waals surface area contributed by atoms with Crippen LogP contribution in [0.1, 0.15) is 24.3 Å². The predicted octanol–water partition coefficient (Wildman–Crippen LogP) is 0.472. The molecule has 0 unspecified atom stereocenters. The Morgan fingerprint density at radius 2 is 2.18 bits per heavy atom. The number of esters is 1. The molecular weight excluding hydrogens is 412 g/mol. The van der Waals surface area contributed by atoms with Crippen LogP contribution in [0.2, 0.25) is 5.02 Å². The Bertz CT molecular complexity index is 898. The summed E-state index contributed by atoms with van der Waals surface area (Å²) in [6, 6.07) is -0.890. The molecule has 3 rings (SSSR count). The number of hydrogen-bond acceptors (Lipinski definition) is 7. The number of rotatable bonds is 6. The fraction of sp³-hybridized carbons (Fsp3) is 0.438. The fourth-order valence-corrected chi connectivity index (χ4v) is 4.57. The van der Waals surface area contributed by atoms with Gasteiger partial charge in [-0.2, -0.15) is 5.10 Å². The van der Waals surface area contributed by atoms with Gasteiger partial charge in [-0.15, -0.1) is 11.8 Å². The molecule has 150 valence electrons. The van der Waals surface area contributed by atoms with Crippen LogP contribution in [0.3, 0.4) is 0 Å². The van der Waals surface area contributed by atoms with Crippen molar-refractivity contribution in [1.29, 1.82) is 0 Å². The SMILES string of the molecule is CCn1ncc(Cl)c1C(=O)N[C@H]1C(=O)N2C(C(=O)O)=C(COC(C)=O)CS[C@@H]12. The largest absolute Gasteiger partial charge is 0.477 e. The lowest BCUT2D eigenvalue weighted by Crippen LogP contribution is -2.70. The highest BCUT2D eigenvalue weighted by Crippen LogP contribution is 2.40. The van der Waals surface area contributed by atoms with E-state index in [1.54, 1.807) is 6.92 Å². The number of halogens is 1. The van der Waals surface area contributed by atoms with E-state index in [0.717, 1.165) is 4.90 Å². The Morgan fingerprint density at radius 1 is 1.46 bits per heavy atom. The maximum absolute atomic E-state index is 12.6. The highest BCUT2D eigenvalue weighted by atomic mass is 35.5. The number of ether oxygens (including phenoxy) is 1. The van der Waals surface area contributed by atoms with Crippen molar-refractivity contribution < 1.29 is 29.0 Å². The summed E-state index contributed by atoms with van der Waals surface area (Å²) < 4.78 is 6.29. The molecule has 0 radical (unpaired) electrons. The molecule has 1 aromatic heterocycles. The number of fused-ring (bicyclic) bond motifs is 1. The number of nitrogens with one attached hydrogen (secondary N) is 1. The molecule has 2 N–H and O–H groups in total. The lowest BCUT2D eigenvalue weighted by Gasteiger charge is -2.49. The summed E-state index contributed by atoms with van der Waals surface area (Å²) in [5.41, 5.74) is 0.257. The lowest BCUT2D eigenvalue weighted by atomic mass is 10.0. The number of carboxylic acids is 1. The first-order valence-electron chi connectivity index (χ1n) is 8.31. The molecule has 0 aromatic carbocycles. The van der Waals surface area contributed by atoms with E-state index in [9.17, 15) is 24.3 Å². The number of β-lactam (4-membered cyclic amide) rings is 1. The molecule has 2 atom stereocenters. The molecule has 1 aromatic rings. The summed E-state index contributed by atoms with van der Waals surface area (Å²) in [5, 5.41) is 15.7. The van der Waals surface area contributed by atoms with Crippen molar-refractivity contribution in [3.05, 3.63) is 28.2 Å². The summed E-state index contributed by atoms with van der Waals surface area (Å²) in [7, 11) is 0. The van der Waals surface area contributed by atoms with Crippen molar-refractivity contribution in [2.45, 2.75) is 31.8 Å². The zero-order valence-corrected chi connectivity index (χ0v) is 16.5. The highest BCUT2D eigenvalue weighted by molar-refractivity contribution is 8.00. The molecule has 28 heavy (non-hydrogen) atoms. The minimum atomic E-state index is -1.29. The maximum atomic E-state index is 12.6. The number of carboxylic acid groups (broad SMARTS) is 1. The normalized spacial score (nSPS) is 21.1. The molecule has 12 heteroatoms. The van der Waals surface area contributed by atoms with Crippen molar-refractivity contribution in [3.8, 4) is 0 Å². The van der Waals surface area contributed by atoms with E-state index in [4.69, 9.17) is 16.3 Å². The van der Waals surface area contributed by atoms with Crippen LogP contribution in [0.4, 0.5) is 0 Å². The standard InChI is InChI=1S/C16H17ClN4O6S/c1-3-20-12(9(17)4-18-20)13(23)19-10-14(24)21-11(16(25)26)8(5-27-7(2)22)6-28-15(10)21/h4,10,15H,3,5-6H2,1-2H3,(H,19,23)(H,25,26)/t10-,15-/m0/s1. The summed E-state index contributed by atoms with van der Waals surface area (Å²) in [6.45, 7) is 3.22. The van der Waals surface area contributed by atoms with Gasteiger partial charge in [0.1, 0.15) is 29.4 Å². The summed E-state index contributed by atoms with van der Waals surface area (Å²) in [6.07, 6.45) is 1.34. The third kappa shape index (κ3) is 3.47. The van der Waals surface area contributed by atoms with Crippen LogP contribution >= 0.6 is 23.4 Å². The molecular formula is C16H17ClN4O6S. The predicted molar refractivity (Wildman–Crippen MR) is 98.6 cm³/mol. The molecule has 1 fully saturated rings. The number of carbonyl (C=O) groups is 4. The summed E-state index contributed by atoms with van der Waals surface area (Å²) >= 11 is 7.29. The number of hydrogen-bond donors (Lipinski definition) is 2. The smallest absolute Gasteiger partial charge is 0.352 e. The second kappa shape index (κ2) is 7.84. The number of carbonyl (C=O) groups excluding carboxylic acids is 3. The van der Waals surface area contributed by atoms with E-state index in [2.05, 4.69) is 10.4 Å². The molecule has 3 heterocycles. The Labute approximate surface area is 168 Å². The maximum Gasteiger partial charge on any atom is 0.352 e. The first kappa shape index (κ1) is 20.2. The van der Waals surface area contributed by atoms with Crippen LogP contribution in [0, 0.1) is 0 Å². The number of amides is 2. The van der Waals surface area contributed by atoms with E-state index in [-0.39, 0.29) is 28.8 Å². The molecule has 0 spiro atoms. The molecule has 10 nitrogen and oxygen atoms in total. The van der Waals surface area contributed by atoms with Gasteiger partial charge in [-0.1, -0.05) is 11.6 Å². The number of nitrogens with zero attached hydrogens (tertiary/aromatic N) is 3. The Balaban J connectivity index is 1.78. The van der Waals surface area contributed by atoms with Crippen molar-refractivity contribution in [1.82, 2.24) is 20.0 Å². The zero-order valence-electron chi connectivity index (χ0n) is 15.0. The van der Waals surface area contributed by atoms with Crippen LogP contribution in [0.15, 0.2) is 17.5 Å². The Kier molecular flexibility index (Phi) is 5.66. The molecule has 2 aliphatic rings. The molecule has 2 amide bonds. The van der Waals surface area contributed by atoms with E-state index in [0.29, 0.717) is 12.1 Å². The van der Waals surface area contributed by atoms with Crippen molar-refractivity contribution in [2.24, 2.45) is 0 Å². The van der Waals surface area contributed by atoms with Crippen LogP contribution in [0.25, 0.3) is 0 Å². The topological polar surface area (TPSA) is 131 Å². The monoisotopic (exact) mass is 428 g/mol. The lowest BCUT2D eigenvalue weighted by molar-refractivity contribution is -0.149. The van der Waals surface area contributed by atoms with Gasteiger partial charge in [0, 0.05) is 24.8 Å². The van der Waals surface area contributed by atoms with Gasteiger partial charge in [0.15, 0.2) is 0 Å². The van der Waals surface area contributed by atoms with E-state index in [1.165, 1.54) is 29.6 Å². The molecule has 0 aliphatic carbocycles. The number of aryl methyl sites for hydroxylation is 1. The molecule has 1 saturated heterocycles. The number of aliphatic carboxylic acids is 1. The van der Waals surface area contributed by atoms with Gasteiger partial charge in [0.05, 0.1) is 11.2 Å². The van der Waals surface area contributed by atoms with Crippen LogP contribution in [0.5, 0.6) is 0 Å². The van der Waals surface area contributed by atoms with Crippen molar-refractivity contribution in [2.75, 3.05) is 12.4 Å². The first-order chi connectivity index (χ1) is 13.3. The van der Waals surface area contributed by atoms with Crippen molar-refractivity contribution >= 4 is 47.1 Å². The minimum Gasteiger partial charge on any atom is -0.477 e. The Morgan fingerprint density at radius 3 is 2.79 bits per heavy atom. The van der Waals surface area contributed by atoms with Gasteiger partial charge in [0.2, 0.25) is 0 Å². The fourth-order valence-electron chi connectivity index (χ4n) is 3.02. The zero-order chi connectivity index (χ0) is 20.6. The highest BCUT2D eigenvalue weighted by Gasteiger charge is 2.54. The van der Waals surface area contributed by atoms with Gasteiger partial charge in [-0.05, 0) is 6.92 Å². The van der Waals surface area contributed by atoms with Crippen molar-refractivity contribution in [3.63, 3.8) is 0 Å². The van der Waals surface area contributed by atoms with Gasteiger partial charge < -0.3 is 15.2 Å². The van der Waals surface area contributed by atoms with Gasteiger partial charge >= 0.3 is 11.9 Å². The molecule has 2 aliphatic heterocycles. The summed E-state index contributed by atoms with van der Waals surface area (Å²) in [5.74, 6) is -2.70. The minimum absolute atomic E-state index is 0.140. The second-order valence-electron chi connectivity index (χ2n) is 6.06. The van der Waals surface area contributed by atoms with E-state index in [1.807, 2.05) is 0 Å². The van der Waals surface area contributed by atoms with Gasteiger partial charge in [0.25, 0.3) is 11.8 Å². The van der Waals surface area contributed by atoms with E-state index < -0.39 is 35.2 Å². The number of thioether (sulfide) groups is 1. The summed E-state index contributed by atoms with van der Waals surface area (Å²) in [4.78, 5) is 48.9. The quantitative estimate of drug-likeness (QED) is 0.494. The Hall–Kier alpha value is -2.53. The van der Waals surface area contributed by atoms with Crippen LogP contribution < -0.4 is 5.32 Å². The van der Waals surface area contributed by atoms with Gasteiger partial charge in [-0.25, -0.2) is 4.79 Å². The van der Waals surface area contributed by atoms with Crippen LogP contribution in [-0.2, 0) is 25.7 Å².